The molecule has 0 bridgehead atoms. The largest absolute Gasteiger partial charge is 0.491 e. The van der Waals surface area contributed by atoms with Gasteiger partial charge in [-0.3, -0.25) is 0 Å². The van der Waals surface area contributed by atoms with E-state index in [1.54, 1.807) is 24.3 Å². The zero-order valence-corrected chi connectivity index (χ0v) is 12.4. The zero-order valence-electron chi connectivity index (χ0n) is 12.4. The van der Waals surface area contributed by atoms with E-state index in [4.69, 9.17) is 10.00 Å². The van der Waals surface area contributed by atoms with Crippen molar-refractivity contribution in [3.05, 3.63) is 29.8 Å². The van der Waals surface area contributed by atoms with Crippen LogP contribution in [-0.2, 0) is 0 Å². The third-order valence-corrected chi connectivity index (χ3v) is 3.15. The average Bonchev–Trinajstić information content (AvgIpc) is 2.49. The van der Waals surface area contributed by atoms with Crippen molar-refractivity contribution in [2.45, 2.75) is 32.8 Å². The lowest BCUT2D eigenvalue weighted by atomic mass is 10.2. The summed E-state index contributed by atoms with van der Waals surface area (Å²) in [4.78, 5) is 2.23. The van der Waals surface area contributed by atoms with E-state index in [1.165, 1.54) is 0 Å². The molecule has 4 nitrogen and oxygen atoms in total. The molecule has 1 aromatic carbocycles. The first-order valence-corrected chi connectivity index (χ1v) is 7.23. The van der Waals surface area contributed by atoms with E-state index in [1.807, 2.05) is 0 Å². The average molecular weight is 276 g/mol. The lowest BCUT2D eigenvalue weighted by Gasteiger charge is -2.23. The van der Waals surface area contributed by atoms with Crippen LogP contribution in [0.1, 0.15) is 32.3 Å². The minimum Gasteiger partial charge on any atom is -0.491 e. The number of hydrogen-bond acceptors (Lipinski definition) is 4. The van der Waals surface area contributed by atoms with Gasteiger partial charge in [-0.05, 0) is 37.7 Å². The number of rotatable bonds is 9. The second kappa shape index (κ2) is 9.35. The van der Waals surface area contributed by atoms with E-state index in [0.717, 1.165) is 25.9 Å². The minimum atomic E-state index is -0.516. The molecule has 0 saturated carbocycles. The van der Waals surface area contributed by atoms with Gasteiger partial charge >= 0.3 is 0 Å². The van der Waals surface area contributed by atoms with Crippen LogP contribution in [0.4, 0.5) is 0 Å². The molecule has 1 N–H and O–H groups in total. The van der Waals surface area contributed by atoms with E-state index in [-0.39, 0.29) is 6.61 Å². The van der Waals surface area contributed by atoms with Gasteiger partial charge in [-0.2, -0.15) is 5.26 Å². The number of aliphatic hydroxyl groups is 1. The van der Waals surface area contributed by atoms with Crippen LogP contribution in [0.2, 0.25) is 0 Å². The molecule has 20 heavy (non-hydrogen) atoms. The Hall–Kier alpha value is -1.57. The molecule has 0 radical (unpaired) electrons. The maximum atomic E-state index is 10.0. The van der Waals surface area contributed by atoms with E-state index in [2.05, 4.69) is 24.8 Å². The number of hydrogen-bond donors (Lipinski definition) is 1. The molecule has 0 aromatic heterocycles. The van der Waals surface area contributed by atoms with E-state index >= 15 is 0 Å². The van der Waals surface area contributed by atoms with Crippen LogP contribution in [0.25, 0.3) is 0 Å². The Labute approximate surface area is 121 Å². The fourth-order valence-corrected chi connectivity index (χ4v) is 1.96. The van der Waals surface area contributed by atoms with Crippen LogP contribution in [0.3, 0.4) is 0 Å². The van der Waals surface area contributed by atoms with Crippen molar-refractivity contribution in [3.63, 3.8) is 0 Å². The monoisotopic (exact) mass is 276 g/mol. The van der Waals surface area contributed by atoms with Gasteiger partial charge in [0.2, 0.25) is 0 Å². The van der Waals surface area contributed by atoms with Crippen LogP contribution in [0.5, 0.6) is 5.75 Å². The van der Waals surface area contributed by atoms with Crippen LogP contribution in [0.15, 0.2) is 24.3 Å². The SMILES string of the molecule is CCCCN(CC)CC(O)COc1cccc(C#N)c1. The quantitative estimate of drug-likeness (QED) is 0.752. The van der Waals surface area contributed by atoms with Crippen LogP contribution in [-0.4, -0.2) is 42.4 Å². The van der Waals surface area contributed by atoms with E-state index in [9.17, 15) is 5.11 Å². The van der Waals surface area contributed by atoms with Crippen molar-refractivity contribution >= 4 is 0 Å². The summed E-state index contributed by atoms with van der Waals surface area (Å²) in [5.41, 5.74) is 0.565. The Morgan fingerprint density at radius 2 is 2.20 bits per heavy atom. The maximum Gasteiger partial charge on any atom is 0.120 e. The highest BCUT2D eigenvalue weighted by molar-refractivity contribution is 5.36. The highest BCUT2D eigenvalue weighted by Crippen LogP contribution is 2.12. The summed E-state index contributed by atoms with van der Waals surface area (Å²) in [6.07, 6.45) is 1.79. The van der Waals surface area contributed by atoms with Crippen molar-refractivity contribution in [3.8, 4) is 11.8 Å². The van der Waals surface area contributed by atoms with Gasteiger partial charge in [-0.25, -0.2) is 0 Å². The first-order valence-electron chi connectivity index (χ1n) is 7.23. The second-order valence-corrected chi connectivity index (χ2v) is 4.85. The molecular formula is C16H24N2O2. The predicted octanol–water partition coefficient (Wildman–Crippen LogP) is 2.42. The lowest BCUT2D eigenvalue weighted by molar-refractivity contribution is 0.0694. The lowest BCUT2D eigenvalue weighted by Crippen LogP contribution is -2.36. The van der Waals surface area contributed by atoms with Gasteiger partial charge in [0.15, 0.2) is 0 Å². The van der Waals surface area contributed by atoms with Gasteiger partial charge in [-0.15, -0.1) is 0 Å². The number of benzene rings is 1. The Balaban J connectivity index is 2.38. The summed E-state index contributed by atoms with van der Waals surface area (Å²) in [6.45, 7) is 7.07. The van der Waals surface area contributed by atoms with Crippen molar-refractivity contribution in [2.24, 2.45) is 0 Å². The molecule has 0 heterocycles. The molecular weight excluding hydrogens is 252 g/mol. The molecule has 0 amide bonds. The molecule has 1 rings (SSSR count). The minimum absolute atomic E-state index is 0.248. The molecule has 1 atom stereocenters. The van der Waals surface area contributed by atoms with Crippen LogP contribution in [0, 0.1) is 11.3 Å². The highest BCUT2D eigenvalue weighted by Gasteiger charge is 2.10. The Kier molecular flexibility index (Phi) is 7.71. The number of nitrogens with zero attached hydrogens (tertiary/aromatic N) is 2. The number of nitriles is 1. The third kappa shape index (κ3) is 6.05. The Bertz CT molecular complexity index is 429. The standard InChI is InChI=1S/C16H24N2O2/c1-3-5-9-18(4-2)12-15(19)13-20-16-8-6-7-14(10-16)11-17/h6-8,10,15,19H,3-5,9,12-13H2,1-2H3. The molecule has 0 saturated heterocycles. The molecule has 1 unspecified atom stereocenters. The summed E-state index contributed by atoms with van der Waals surface area (Å²) in [7, 11) is 0. The molecule has 0 spiro atoms. The Morgan fingerprint density at radius 1 is 1.40 bits per heavy atom. The summed E-state index contributed by atoms with van der Waals surface area (Å²) in [5.74, 6) is 0.625. The summed E-state index contributed by atoms with van der Waals surface area (Å²) >= 11 is 0. The first-order chi connectivity index (χ1) is 9.69. The van der Waals surface area contributed by atoms with Gasteiger partial charge < -0.3 is 14.7 Å². The number of ether oxygens (including phenoxy) is 1. The third-order valence-electron chi connectivity index (χ3n) is 3.15. The molecule has 4 heteroatoms. The van der Waals surface area contributed by atoms with Gasteiger partial charge in [0.05, 0.1) is 11.6 Å². The zero-order chi connectivity index (χ0) is 14.8. The van der Waals surface area contributed by atoms with Crippen LogP contribution >= 0.6 is 0 Å². The fraction of sp³-hybridized carbons (Fsp3) is 0.562. The van der Waals surface area contributed by atoms with Gasteiger partial charge in [0, 0.05) is 6.54 Å². The number of likely N-dealkylation sites (N-methyl/N-ethyl adjacent to an activating group) is 1. The number of aliphatic hydroxyl groups excluding tert-OH is 1. The molecule has 110 valence electrons. The molecule has 0 fully saturated rings. The molecule has 0 aliphatic carbocycles. The van der Waals surface area contributed by atoms with Crippen molar-refractivity contribution < 1.29 is 9.84 Å². The van der Waals surface area contributed by atoms with Gasteiger partial charge in [0.1, 0.15) is 18.5 Å². The molecule has 0 aliphatic rings. The summed E-state index contributed by atoms with van der Waals surface area (Å²) < 4.78 is 5.53. The van der Waals surface area contributed by atoms with Crippen LogP contribution < -0.4 is 4.74 Å². The summed E-state index contributed by atoms with van der Waals surface area (Å²) in [5, 5.41) is 18.8. The van der Waals surface area contributed by atoms with Crippen molar-refractivity contribution in [2.75, 3.05) is 26.2 Å². The number of unbranched alkanes of at least 4 members (excludes halogenated alkanes) is 1. The second-order valence-electron chi connectivity index (χ2n) is 4.85. The molecule has 0 aliphatic heterocycles. The highest BCUT2D eigenvalue weighted by atomic mass is 16.5. The van der Waals surface area contributed by atoms with E-state index in [0.29, 0.717) is 17.9 Å². The maximum absolute atomic E-state index is 10.0. The Morgan fingerprint density at radius 3 is 2.85 bits per heavy atom. The predicted molar refractivity (Wildman–Crippen MR) is 79.7 cm³/mol. The van der Waals surface area contributed by atoms with Crippen molar-refractivity contribution in [1.82, 2.24) is 4.90 Å². The van der Waals surface area contributed by atoms with Gasteiger partial charge in [0.25, 0.3) is 0 Å². The smallest absolute Gasteiger partial charge is 0.120 e. The fourth-order valence-electron chi connectivity index (χ4n) is 1.96. The normalized spacial score (nSPS) is 12.2. The van der Waals surface area contributed by atoms with Crippen molar-refractivity contribution in [1.29, 1.82) is 5.26 Å². The topological polar surface area (TPSA) is 56.5 Å². The van der Waals surface area contributed by atoms with Gasteiger partial charge in [-0.1, -0.05) is 26.3 Å². The van der Waals surface area contributed by atoms with E-state index < -0.39 is 6.10 Å². The molecule has 1 aromatic rings. The first kappa shape index (κ1) is 16.5. The summed E-state index contributed by atoms with van der Waals surface area (Å²) in [6, 6.07) is 9.05.